The summed E-state index contributed by atoms with van der Waals surface area (Å²) in [6.45, 7) is 3.76. The number of carbonyl (C=O) groups excluding carboxylic acids is 1. The quantitative estimate of drug-likeness (QED) is 0.809. The molecule has 1 aromatic heterocycles. The zero-order valence-corrected chi connectivity index (χ0v) is 10.8. The Labute approximate surface area is 104 Å². The average molecular weight is 256 g/mol. The molecule has 0 N–H and O–H groups in total. The third kappa shape index (κ3) is 2.83. The van der Waals surface area contributed by atoms with Crippen LogP contribution in [0.1, 0.15) is 16.7 Å². The molecule has 5 nitrogen and oxygen atoms in total. The molecule has 2 rings (SSSR count). The van der Waals surface area contributed by atoms with Crippen molar-refractivity contribution in [1.29, 1.82) is 0 Å². The molecule has 1 aliphatic heterocycles. The maximum Gasteiger partial charge on any atom is 0.249 e. The lowest BCUT2D eigenvalue weighted by atomic mass is 10.1. The molecule has 1 atom stereocenters. The number of carbonyl (C=O) groups is 1. The number of rotatable bonds is 3. The summed E-state index contributed by atoms with van der Waals surface area (Å²) in [5.41, 5.74) is 0.914. The van der Waals surface area contributed by atoms with Gasteiger partial charge in [0.1, 0.15) is 6.61 Å². The van der Waals surface area contributed by atoms with Crippen molar-refractivity contribution in [2.24, 2.45) is 0 Å². The standard InChI is InChI=1S/C11H16N2O3S/c1-8-12-9(7-17-8)10-5-16-4-3-13(10)11(14)6-15-2/h7,10H,3-6H2,1-2H3/t10-/m1/s1. The first-order valence-electron chi connectivity index (χ1n) is 5.50. The van der Waals surface area contributed by atoms with E-state index in [1.807, 2.05) is 12.3 Å². The maximum absolute atomic E-state index is 11.9. The van der Waals surface area contributed by atoms with Crippen molar-refractivity contribution in [2.75, 3.05) is 33.5 Å². The van der Waals surface area contributed by atoms with E-state index in [9.17, 15) is 4.79 Å². The van der Waals surface area contributed by atoms with Gasteiger partial charge in [0.25, 0.3) is 0 Å². The normalized spacial score (nSPS) is 20.6. The summed E-state index contributed by atoms with van der Waals surface area (Å²) in [6.07, 6.45) is 0. The molecule has 0 bridgehead atoms. The number of morpholine rings is 1. The Hall–Kier alpha value is -0.980. The minimum Gasteiger partial charge on any atom is -0.377 e. The lowest BCUT2D eigenvalue weighted by Gasteiger charge is -2.34. The largest absolute Gasteiger partial charge is 0.377 e. The molecule has 1 saturated heterocycles. The van der Waals surface area contributed by atoms with Gasteiger partial charge in [0, 0.05) is 19.0 Å². The van der Waals surface area contributed by atoms with Crippen molar-refractivity contribution in [3.8, 4) is 0 Å². The highest BCUT2D eigenvalue weighted by atomic mass is 32.1. The SMILES string of the molecule is COCC(=O)N1CCOC[C@@H]1c1csc(C)n1. The number of hydrogen-bond donors (Lipinski definition) is 0. The van der Waals surface area contributed by atoms with Crippen LogP contribution in [0.5, 0.6) is 0 Å². The third-order valence-electron chi connectivity index (χ3n) is 2.69. The van der Waals surface area contributed by atoms with Crippen molar-refractivity contribution < 1.29 is 14.3 Å². The lowest BCUT2D eigenvalue weighted by molar-refractivity contribution is -0.144. The van der Waals surface area contributed by atoms with E-state index in [4.69, 9.17) is 9.47 Å². The van der Waals surface area contributed by atoms with Gasteiger partial charge in [-0.1, -0.05) is 0 Å². The molecule has 0 saturated carbocycles. The van der Waals surface area contributed by atoms with E-state index in [1.54, 1.807) is 16.2 Å². The van der Waals surface area contributed by atoms with Gasteiger partial charge in [-0.15, -0.1) is 11.3 Å². The topological polar surface area (TPSA) is 51.7 Å². The molecular formula is C11H16N2O3S. The fourth-order valence-electron chi connectivity index (χ4n) is 1.89. The van der Waals surface area contributed by atoms with Crippen LogP contribution in [0.25, 0.3) is 0 Å². The second-order valence-electron chi connectivity index (χ2n) is 3.90. The molecule has 1 aromatic rings. The molecule has 1 fully saturated rings. The zero-order valence-electron chi connectivity index (χ0n) is 10.0. The molecule has 0 radical (unpaired) electrons. The second-order valence-corrected chi connectivity index (χ2v) is 4.96. The Morgan fingerprint density at radius 2 is 2.59 bits per heavy atom. The molecule has 2 heterocycles. The third-order valence-corrected chi connectivity index (χ3v) is 3.49. The molecule has 1 amide bonds. The Kier molecular flexibility index (Phi) is 4.09. The molecular weight excluding hydrogens is 240 g/mol. The molecule has 0 spiro atoms. The molecule has 94 valence electrons. The van der Waals surface area contributed by atoms with Gasteiger partial charge in [-0.25, -0.2) is 4.98 Å². The van der Waals surface area contributed by atoms with Gasteiger partial charge in [-0.3, -0.25) is 4.79 Å². The molecule has 1 aliphatic rings. The molecule has 6 heteroatoms. The minimum absolute atomic E-state index is 0.00791. The highest BCUT2D eigenvalue weighted by Crippen LogP contribution is 2.25. The summed E-state index contributed by atoms with van der Waals surface area (Å²) in [5.74, 6) is -0.00791. The Morgan fingerprint density at radius 3 is 3.24 bits per heavy atom. The number of methoxy groups -OCH3 is 1. The van der Waals surface area contributed by atoms with Crippen LogP contribution in [0.3, 0.4) is 0 Å². The van der Waals surface area contributed by atoms with Crippen molar-refractivity contribution in [2.45, 2.75) is 13.0 Å². The number of aryl methyl sites for hydroxylation is 1. The van der Waals surface area contributed by atoms with Gasteiger partial charge in [-0.05, 0) is 6.92 Å². The number of aromatic nitrogens is 1. The number of amides is 1. The fourth-order valence-corrected chi connectivity index (χ4v) is 2.55. The predicted octanol–water partition coefficient (Wildman–Crippen LogP) is 0.998. The monoisotopic (exact) mass is 256 g/mol. The minimum atomic E-state index is -0.0728. The number of ether oxygens (including phenoxy) is 2. The molecule has 17 heavy (non-hydrogen) atoms. The smallest absolute Gasteiger partial charge is 0.249 e. The maximum atomic E-state index is 11.9. The van der Waals surface area contributed by atoms with Gasteiger partial charge >= 0.3 is 0 Å². The first-order chi connectivity index (χ1) is 8.22. The van der Waals surface area contributed by atoms with Crippen LogP contribution in [0.4, 0.5) is 0 Å². The van der Waals surface area contributed by atoms with E-state index in [2.05, 4.69) is 4.98 Å². The first-order valence-corrected chi connectivity index (χ1v) is 6.38. The Morgan fingerprint density at radius 1 is 1.76 bits per heavy atom. The van der Waals surface area contributed by atoms with Crippen LogP contribution in [0.15, 0.2) is 5.38 Å². The highest BCUT2D eigenvalue weighted by Gasteiger charge is 2.29. The van der Waals surface area contributed by atoms with E-state index in [-0.39, 0.29) is 18.6 Å². The van der Waals surface area contributed by atoms with Gasteiger partial charge < -0.3 is 14.4 Å². The molecule has 0 aliphatic carbocycles. The highest BCUT2D eigenvalue weighted by molar-refractivity contribution is 7.09. The summed E-state index contributed by atoms with van der Waals surface area (Å²) in [6, 6.07) is -0.0728. The number of hydrogen-bond acceptors (Lipinski definition) is 5. The van der Waals surface area contributed by atoms with E-state index in [1.165, 1.54) is 7.11 Å². The van der Waals surface area contributed by atoms with Crippen molar-refractivity contribution in [3.05, 3.63) is 16.1 Å². The van der Waals surface area contributed by atoms with Crippen molar-refractivity contribution in [1.82, 2.24) is 9.88 Å². The van der Waals surface area contributed by atoms with Crippen molar-refractivity contribution >= 4 is 17.2 Å². The zero-order chi connectivity index (χ0) is 12.3. The van der Waals surface area contributed by atoms with Gasteiger partial charge in [0.05, 0.1) is 30.0 Å². The summed E-state index contributed by atoms with van der Waals surface area (Å²) in [4.78, 5) is 18.1. The average Bonchev–Trinajstić information content (AvgIpc) is 2.76. The summed E-state index contributed by atoms with van der Waals surface area (Å²) >= 11 is 1.59. The van der Waals surface area contributed by atoms with E-state index < -0.39 is 0 Å². The van der Waals surface area contributed by atoms with E-state index in [0.29, 0.717) is 19.8 Å². The number of nitrogens with zero attached hydrogens (tertiary/aromatic N) is 2. The van der Waals surface area contributed by atoms with E-state index >= 15 is 0 Å². The van der Waals surface area contributed by atoms with Crippen LogP contribution in [-0.2, 0) is 14.3 Å². The van der Waals surface area contributed by atoms with Crippen LogP contribution in [0.2, 0.25) is 0 Å². The van der Waals surface area contributed by atoms with Gasteiger partial charge in [0.15, 0.2) is 0 Å². The Bertz CT molecular complexity index is 394. The van der Waals surface area contributed by atoms with Gasteiger partial charge in [0.2, 0.25) is 5.91 Å². The van der Waals surface area contributed by atoms with Gasteiger partial charge in [-0.2, -0.15) is 0 Å². The summed E-state index contributed by atoms with van der Waals surface area (Å²) < 4.78 is 10.3. The molecule has 0 aromatic carbocycles. The fraction of sp³-hybridized carbons (Fsp3) is 0.636. The van der Waals surface area contributed by atoms with Crippen LogP contribution in [-0.4, -0.2) is 49.3 Å². The first kappa shape index (κ1) is 12.5. The summed E-state index contributed by atoms with van der Waals surface area (Å²) in [5, 5.41) is 2.99. The predicted molar refractivity (Wildman–Crippen MR) is 64.0 cm³/mol. The molecule has 0 unspecified atom stereocenters. The van der Waals surface area contributed by atoms with Crippen LogP contribution >= 0.6 is 11.3 Å². The summed E-state index contributed by atoms with van der Waals surface area (Å²) in [7, 11) is 1.53. The van der Waals surface area contributed by atoms with E-state index in [0.717, 1.165) is 10.7 Å². The van der Waals surface area contributed by atoms with Crippen LogP contribution < -0.4 is 0 Å². The second kappa shape index (κ2) is 5.57. The Balaban J connectivity index is 2.14. The van der Waals surface area contributed by atoms with Crippen LogP contribution in [0, 0.1) is 6.92 Å². The van der Waals surface area contributed by atoms with Crippen molar-refractivity contribution in [3.63, 3.8) is 0 Å². The number of thiazole rings is 1. The lowest BCUT2D eigenvalue weighted by Crippen LogP contribution is -2.45.